The van der Waals surface area contributed by atoms with Crippen molar-refractivity contribution < 1.29 is 23.8 Å². The number of carboxylic acids is 1. The van der Waals surface area contributed by atoms with Crippen LogP contribution >= 0.6 is 11.3 Å². The Morgan fingerprint density at radius 3 is 2.90 bits per heavy atom. The van der Waals surface area contributed by atoms with Crippen molar-refractivity contribution in [2.24, 2.45) is 0 Å². The molecule has 1 heterocycles. The zero-order chi connectivity index (χ0) is 15.4. The van der Waals surface area contributed by atoms with Crippen molar-refractivity contribution in [1.29, 1.82) is 0 Å². The van der Waals surface area contributed by atoms with Crippen LogP contribution in [0.3, 0.4) is 0 Å². The molecular weight excluding hydrogens is 299 g/mol. The van der Waals surface area contributed by atoms with Gasteiger partial charge in [-0.3, -0.25) is 4.79 Å². The highest BCUT2D eigenvalue weighted by molar-refractivity contribution is 7.13. The number of thiazole rings is 1. The summed E-state index contributed by atoms with van der Waals surface area (Å²) in [6.45, 7) is 1.34. The van der Waals surface area contributed by atoms with Gasteiger partial charge in [0.25, 0.3) is 0 Å². The van der Waals surface area contributed by atoms with E-state index in [0.717, 1.165) is 18.2 Å². The largest absolute Gasteiger partial charge is 0.486 e. The van der Waals surface area contributed by atoms with E-state index in [1.54, 1.807) is 5.38 Å². The first-order valence-corrected chi connectivity index (χ1v) is 6.71. The Kier molecular flexibility index (Phi) is 4.49. The van der Waals surface area contributed by atoms with E-state index >= 15 is 0 Å². The van der Waals surface area contributed by atoms with Crippen molar-refractivity contribution >= 4 is 28.3 Å². The van der Waals surface area contributed by atoms with Crippen LogP contribution < -0.4 is 10.1 Å². The number of nitrogens with one attached hydrogen (secondary N) is 1. The van der Waals surface area contributed by atoms with Gasteiger partial charge in [-0.2, -0.15) is 0 Å². The number of carbonyl (C=O) groups excluding carboxylic acids is 1. The van der Waals surface area contributed by atoms with Gasteiger partial charge in [0.1, 0.15) is 23.7 Å². The third-order valence-corrected chi connectivity index (χ3v) is 3.19. The van der Waals surface area contributed by atoms with Crippen LogP contribution in [0, 0.1) is 5.82 Å². The third kappa shape index (κ3) is 3.99. The van der Waals surface area contributed by atoms with E-state index in [2.05, 4.69) is 10.3 Å². The Hall–Kier alpha value is -2.48. The summed E-state index contributed by atoms with van der Waals surface area (Å²) in [7, 11) is 0. The van der Waals surface area contributed by atoms with Crippen molar-refractivity contribution in [3.05, 3.63) is 40.7 Å². The van der Waals surface area contributed by atoms with Gasteiger partial charge in [-0.1, -0.05) is 0 Å². The van der Waals surface area contributed by atoms with Crippen molar-refractivity contribution in [2.45, 2.75) is 13.5 Å². The Morgan fingerprint density at radius 2 is 2.24 bits per heavy atom. The van der Waals surface area contributed by atoms with Gasteiger partial charge in [-0.25, -0.2) is 14.2 Å². The lowest BCUT2D eigenvalue weighted by atomic mass is 10.2. The predicted molar refractivity (Wildman–Crippen MR) is 74.1 cm³/mol. The molecule has 1 aromatic heterocycles. The Bertz CT molecular complexity index is 687. The number of nitrogens with zero attached hydrogens (tertiary/aromatic N) is 1. The maximum Gasteiger partial charge on any atom is 0.339 e. The molecule has 110 valence electrons. The number of carboxylic acid groups (broad SMARTS) is 1. The smallest absolute Gasteiger partial charge is 0.339 e. The van der Waals surface area contributed by atoms with Crippen LogP contribution in [-0.4, -0.2) is 22.0 Å². The molecule has 6 nitrogen and oxygen atoms in total. The molecule has 2 rings (SSSR count). The molecule has 1 aromatic carbocycles. The fourth-order valence-corrected chi connectivity index (χ4v) is 2.27. The number of carbonyl (C=O) groups is 2. The maximum absolute atomic E-state index is 13.1. The number of rotatable bonds is 5. The van der Waals surface area contributed by atoms with Crippen LogP contribution in [0.25, 0.3) is 0 Å². The molecule has 0 bridgehead atoms. The first-order valence-electron chi connectivity index (χ1n) is 5.83. The SMILES string of the molecule is CC(=O)Nc1nc(COc2cc(F)ccc2C(=O)O)cs1. The summed E-state index contributed by atoms with van der Waals surface area (Å²) >= 11 is 1.21. The Balaban J connectivity index is 2.09. The molecule has 2 aromatic rings. The van der Waals surface area contributed by atoms with Gasteiger partial charge in [0.15, 0.2) is 5.13 Å². The number of benzene rings is 1. The van der Waals surface area contributed by atoms with E-state index in [1.165, 1.54) is 18.3 Å². The number of aromatic carboxylic acids is 1. The van der Waals surface area contributed by atoms with E-state index in [4.69, 9.17) is 9.84 Å². The third-order valence-electron chi connectivity index (χ3n) is 2.38. The summed E-state index contributed by atoms with van der Waals surface area (Å²) in [6.07, 6.45) is 0. The number of ether oxygens (including phenoxy) is 1. The van der Waals surface area contributed by atoms with E-state index in [0.29, 0.717) is 10.8 Å². The number of anilines is 1. The predicted octanol–water partition coefficient (Wildman–Crippen LogP) is 2.52. The van der Waals surface area contributed by atoms with Crippen molar-refractivity contribution in [1.82, 2.24) is 4.98 Å². The Morgan fingerprint density at radius 1 is 1.48 bits per heavy atom. The molecule has 0 fully saturated rings. The van der Waals surface area contributed by atoms with Gasteiger partial charge < -0.3 is 15.2 Å². The standard InChI is InChI=1S/C13H11FN2O4S/c1-7(17)15-13-16-9(6-21-13)5-20-11-4-8(14)2-3-10(11)12(18)19/h2-4,6H,5H2,1H3,(H,18,19)(H,15,16,17). The minimum Gasteiger partial charge on any atom is -0.486 e. The lowest BCUT2D eigenvalue weighted by Gasteiger charge is -2.07. The summed E-state index contributed by atoms with van der Waals surface area (Å²) in [4.78, 5) is 26.0. The normalized spacial score (nSPS) is 10.2. The highest BCUT2D eigenvalue weighted by atomic mass is 32.1. The summed E-state index contributed by atoms with van der Waals surface area (Å²) in [5.41, 5.74) is 0.373. The second-order valence-electron chi connectivity index (χ2n) is 4.06. The van der Waals surface area contributed by atoms with Gasteiger partial charge in [0, 0.05) is 18.4 Å². The molecule has 8 heteroatoms. The molecule has 2 N–H and O–H groups in total. The number of halogens is 1. The van der Waals surface area contributed by atoms with Crippen LogP contribution in [0.4, 0.5) is 9.52 Å². The van der Waals surface area contributed by atoms with Crippen LogP contribution in [0.15, 0.2) is 23.6 Å². The van der Waals surface area contributed by atoms with E-state index in [9.17, 15) is 14.0 Å². The molecule has 0 atom stereocenters. The first-order chi connectivity index (χ1) is 9.95. The molecular formula is C13H11FN2O4S. The summed E-state index contributed by atoms with van der Waals surface area (Å²) in [5.74, 6) is -2.11. The fourth-order valence-electron chi connectivity index (χ4n) is 1.53. The second-order valence-corrected chi connectivity index (χ2v) is 4.92. The molecule has 0 radical (unpaired) electrons. The number of hydrogen-bond acceptors (Lipinski definition) is 5. The molecule has 0 unspecified atom stereocenters. The summed E-state index contributed by atoms with van der Waals surface area (Å²) in [5, 5.41) is 13.6. The zero-order valence-corrected chi connectivity index (χ0v) is 11.7. The van der Waals surface area contributed by atoms with Crippen molar-refractivity contribution in [2.75, 3.05) is 5.32 Å². The minimum atomic E-state index is -1.21. The zero-order valence-electron chi connectivity index (χ0n) is 10.9. The molecule has 1 amide bonds. The fraction of sp³-hybridized carbons (Fsp3) is 0.154. The average molecular weight is 310 g/mol. The second kappa shape index (κ2) is 6.31. The Labute approximate surface area is 123 Å². The van der Waals surface area contributed by atoms with Crippen LogP contribution in [0.5, 0.6) is 5.75 Å². The quantitative estimate of drug-likeness (QED) is 0.886. The molecule has 0 saturated carbocycles. The lowest BCUT2D eigenvalue weighted by molar-refractivity contribution is -0.114. The number of amides is 1. The molecule has 0 saturated heterocycles. The highest BCUT2D eigenvalue weighted by Crippen LogP contribution is 2.22. The van der Waals surface area contributed by atoms with Gasteiger partial charge in [-0.15, -0.1) is 11.3 Å². The first kappa shape index (κ1) is 14.9. The molecule has 0 aliphatic rings. The molecule has 21 heavy (non-hydrogen) atoms. The lowest BCUT2D eigenvalue weighted by Crippen LogP contribution is -2.06. The highest BCUT2D eigenvalue weighted by Gasteiger charge is 2.13. The molecule has 0 aliphatic carbocycles. The van der Waals surface area contributed by atoms with Crippen molar-refractivity contribution in [3.8, 4) is 5.75 Å². The number of aromatic nitrogens is 1. The van der Waals surface area contributed by atoms with E-state index in [-0.39, 0.29) is 23.8 Å². The average Bonchev–Trinajstić information content (AvgIpc) is 2.82. The minimum absolute atomic E-state index is 0.0280. The summed E-state index contributed by atoms with van der Waals surface area (Å²) in [6, 6.07) is 3.19. The molecule has 0 spiro atoms. The van der Waals surface area contributed by atoms with Gasteiger partial charge >= 0.3 is 5.97 Å². The topological polar surface area (TPSA) is 88.5 Å². The maximum atomic E-state index is 13.1. The monoisotopic (exact) mass is 310 g/mol. The van der Waals surface area contributed by atoms with Crippen molar-refractivity contribution in [3.63, 3.8) is 0 Å². The van der Waals surface area contributed by atoms with Gasteiger partial charge in [0.2, 0.25) is 5.91 Å². The summed E-state index contributed by atoms with van der Waals surface area (Å²) < 4.78 is 18.4. The van der Waals surface area contributed by atoms with Crippen LogP contribution in [0.1, 0.15) is 23.0 Å². The van der Waals surface area contributed by atoms with E-state index in [1.807, 2.05) is 0 Å². The van der Waals surface area contributed by atoms with E-state index < -0.39 is 11.8 Å². The number of hydrogen-bond donors (Lipinski definition) is 2. The molecule has 0 aliphatic heterocycles. The van der Waals surface area contributed by atoms with Gasteiger partial charge in [-0.05, 0) is 12.1 Å². The van der Waals surface area contributed by atoms with Crippen LogP contribution in [-0.2, 0) is 11.4 Å². The van der Waals surface area contributed by atoms with Crippen LogP contribution in [0.2, 0.25) is 0 Å². The van der Waals surface area contributed by atoms with Gasteiger partial charge in [0.05, 0.1) is 5.69 Å².